The maximum atomic E-state index is 12.0. The fraction of sp³-hybridized carbons (Fsp3) is 0.500. The average Bonchev–Trinajstić information content (AvgIpc) is 3.17. The van der Waals surface area contributed by atoms with Crippen molar-refractivity contribution in [3.8, 4) is 0 Å². The molecule has 0 bridgehead atoms. The molecular weight excluding hydrogens is 292 g/mol. The van der Waals surface area contributed by atoms with Crippen LogP contribution in [0.25, 0.3) is 0 Å². The molecule has 2 rings (SSSR count). The van der Waals surface area contributed by atoms with Crippen LogP contribution in [0.15, 0.2) is 16.8 Å². The predicted molar refractivity (Wildman–Crippen MR) is 78.0 cm³/mol. The fourth-order valence-corrected chi connectivity index (χ4v) is 2.92. The number of esters is 1. The molecule has 0 radical (unpaired) electrons. The first-order chi connectivity index (χ1) is 10.1. The number of likely N-dealkylation sites (tertiary alicyclic amines) is 1. The number of ether oxygens (including phenoxy) is 1. The van der Waals surface area contributed by atoms with Gasteiger partial charge in [-0.3, -0.25) is 14.4 Å². The Morgan fingerprint density at radius 1 is 1.48 bits per heavy atom. The van der Waals surface area contributed by atoms with E-state index in [0.29, 0.717) is 31.6 Å². The van der Waals surface area contributed by atoms with Gasteiger partial charge in [-0.15, -0.1) is 0 Å². The number of hydrogen-bond donors (Lipinski definition) is 1. The summed E-state index contributed by atoms with van der Waals surface area (Å²) in [7, 11) is 1.35. The summed E-state index contributed by atoms with van der Waals surface area (Å²) in [6, 6.07) is 1.74. The van der Waals surface area contributed by atoms with Crippen LogP contribution in [0.4, 0.5) is 0 Å². The zero-order valence-electron chi connectivity index (χ0n) is 11.8. The lowest BCUT2D eigenvalue weighted by Crippen LogP contribution is -2.33. The Morgan fingerprint density at radius 2 is 2.29 bits per heavy atom. The summed E-state index contributed by atoms with van der Waals surface area (Å²) in [5, 5.41) is 6.31. The van der Waals surface area contributed by atoms with Gasteiger partial charge < -0.3 is 15.0 Å². The molecule has 7 heteroatoms. The van der Waals surface area contributed by atoms with Gasteiger partial charge in [0.25, 0.3) is 5.91 Å². The highest BCUT2D eigenvalue weighted by molar-refractivity contribution is 7.08. The highest BCUT2D eigenvalue weighted by Gasteiger charge is 2.31. The van der Waals surface area contributed by atoms with Crippen molar-refractivity contribution < 1.29 is 19.1 Å². The second-order valence-corrected chi connectivity index (χ2v) is 5.65. The van der Waals surface area contributed by atoms with Crippen molar-refractivity contribution in [2.75, 3.05) is 26.7 Å². The first-order valence-electron chi connectivity index (χ1n) is 6.78. The van der Waals surface area contributed by atoms with Crippen molar-refractivity contribution in [3.05, 3.63) is 22.4 Å². The minimum atomic E-state index is -0.268. The van der Waals surface area contributed by atoms with Crippen LogP contribution in [-0.2, 0) is 14.3 Å². The second-order valence-electron chi connectivity index (χ2n) is 4.87. The van der Waals surface area contributed by atoms with Crippen LogP contribution >= 0.6 is 11.3 Å². The lowest BCUT2D eigenvalue weighted by Gasteiger charge is -2.16. The summed E-state index contributed by atoms with van der Waals surface area (Å²) in [5.74, 6) is -0.708. The first kappa shape index (κ1) is 15.5. The molecule has 1 aromatic rings. The molecule has 1 atom stereocenters. The largest absolute Gasteiger partial charge is 0.469 e. The van der Waals surface area contributed by atoms with Crippen LogP contribution in [0.2, 0.25) is 0 Å². The Morgan fingerprint density at radius 3 is 2.95 bits per heavy atom. The molecule has 1 N–H and O–H groups in total. The summed E-state index contributed by atoms with van der Waals surface area (Å²) >= 11 is 1.45. The summed E-state index contributed by atoms with van der Waals surface area (Å²) in [5.41, 5.74) is 0.611. The second kappa shape index (κ2) is 7.21. The van der Waals surface area contributed by atoms with Crippen molar-refractivity contribution in [2.45, 2.75) is 12.8 Å². The molecule has 0 aromatic carbocycles. The highest BCUT2D eigenvalue weighted by atomic mass is 32.1. The van der Waals surface area contributed by atoms with Crippen LogP contribution < -0.4 is 5.32 Å². The fourth-order valence-electron chi connectivity index (χ4n) is 2.28. The summed E-state index contributed by atoms with van der Waals surface area (Å²) in [4.78, 5) is 36.7. The van der Waals surface area contributed by atoms with E-state index >= 15 is 0 Å². The Kier molecular flexibility index (Phi) is 5.32. The topological polar surface area (TPSA) is 75.7 Å². The van der Waals surface area contributed by atoms with Crippen LogP contribution in [0.5, 0.6) is 0 Å². The molecule has 0 spiro atoms. The summed E-state index contributed by atoms with van der Waals surface area (Å²) in [6.07, 6.45) is 0.878. The zero-order valence-corrected chi connectivity index (χ0v) is 12.6. The van der Waals surface area contributed by atoms with Crippen molar-refractivity contribution in [1.29, 1.82) is 0 Å². The van der Waals surface area contributed by atoms with Crippen molar-refractivity contribution in [1.82, 2.24) is 10.2 Å². The number of nitrogens with zero attached hydrogens (tertiary/aromatic N) is 1. The van der Waals surface area contributed by atoms with Crippen LogP contribution in [-0.4, -0.2) is 49.4 Å². The number of carbonyl (C=O) groups excluding carboxylic acids is 3. The van der Waals surface area contributed by atoms with Crippen molar-refractivity contribution >= 4 is 29.1 Å². The van der Waals surface area contributed by atoms with E-state index in [1.54, 1.807) is 16.3 Å². The molecule has 1 aromatic heterocycles. The molecule has 21 heavy (non-hydrogen) atoms. The molecular formula is C14H18N2O4S. The minimum absolute atomic E-state index is 0.0491. The number of carbonyl (C=O) groups is 3. The van der Waals surface area contributed by atoms with E-state index < -0.39 is 0 Å². The third-order valence-electron chi connectivity index (χ3n) is 3.48. The van der Waals surface area contributed by atoms with E-state index in [2.05, 4.69) is 10.1 Å². The molecule has 1 unspecified atom stereocenters. The standard InChI is InChI=1S/C14H18N2O4S/c1-20-14(19)10-3-6-16(8-10)12(17)2-5-15-13(18)11-4-7-21-9-11/h4,7,9-10H,2-3,5-6,8H2,1H3,(H,15,18). The minimum Gasteiger partial charge on any atom is -0.469 e. The lowest BCUT2D eigenvalue weighted by molar-refractivity contribution is -0.145. The zero-order chi connectivity index (χ0) is 15.2. The van der Waals surface area contributed by atoms with E-state index in [-0.39, 0.29) is 30.1 Å². The molecule has 114 valence electrons. The molecule has 6 nitrogen and oxygen atoms in total. The SMILES string of the molecule is COC(=O)C1CCN(C(=O)CCNC(=O)c2ccsc2)C1. The number of amides is 2. The Bertz CT molecular complexity index is 515. The van der Waals surface area contributed by atoms with Gasteiger partial charge >= 0.3 is 5.97 Å². The summed E-state index contributed by atoms with van der Waals surface area (Å²) in [6.45, 7) is 1.27. The van der Waals surface area contributed by atoms with E-state index in [9.17, 15) is 14.4 Å². The van der Waals surface area contributed by atoms with E-state index in [4.69, 9.17) is 0 Å². The quantitative estimate of drug-likeness (QED) is 0.820. The molecule has 1 aliphatic rings. The number of nitrogens with one attached hydrogen (secondary N) is 1. The number of thiophene rings is 1. The predicted octanol–water partition coefficient (Wildman–Crippen LogP) is 0.889. The highest BCUT2D eigenvalue weighted by Crippen LogP contribution is 2.18. The van der Waals surface area contributed by atoms with Crippen LogP contribution in [0.1, 0.15) is 23.2 Å². The first-order valence-corrected chi connectivity index (χ1v) is 7.72. The van der Waals surface area contributed by atoms with Gasteiger partial charge in [0.15, 0.2) is 0 Å². The van der Waals surface area contributed by atoms with Gasteiger partial charge in [0.05, 0.1) is 13.0 Å². The third kappa shape index (κ3) is 4.04. The molecule has 2 amide bonds. The van der Waals surface area contributed by atoms with Gasteiger partial charge in [-0.05, 0) is 17.9 Å². The Balaban J connectivity index is 1.71. The summed E-state index contributed by atoms with van der Waals surface area (Å²) < 4.78 is 4.68. The van der Waals surface area contributed by atoms with Crippen molar-refractivity contribution in [2.24, 2.45) is 5.92 Å². The smallest absolute Gasteiger partial charge is 0.310 e. The number of rotatable bonds is 5. The average molecular weight is 310 g/mol. The molecule has 1 fully saturated rings. The molecule has 0 saturated carbocycles. The maximum Gasteiger partial charge on any atom is 0.310 e. The van der Waals surface area contributed by atoms with Crippen molar-refractivity contribution in [3.63, 3.8) is 0 Å². The van der Waals surface area contributed by atoms with Gasteiger partial charge in [0.2, 0.25) is 5.91 Å². The van der Waals surface area contributed by atoms with Gasteiger partial charge in [0, 0.05) is 37.0 Å². The Labute approximate surface area is 127 Å². The van der Waals surface area contributed by atoms with E-state index in [0.717, 1.165) is 0 Å². The molecule has 1 saturated heterocycles. The molecule has 1 aliphatic heterocycles. The van der Waals surface area contributed by atoms with Gasteiger partial charge in [-0.1, -0.05) is 0 Å². The molecule has 2 heterocycles. The van der Waals surface area contributed by atoms with Crippen LogP contribution in [0, 0.1) is 5.92 Å². The van der Waals surface area contributed by atoms with E-state index in [1.165, 1.54) is 18.4 Å². The molecule has 0 aliphatic carbocycles. The Hall–Kier alpha value is -1.89. The maximum absolute atomic E-state index is 12.0. The van der Waals surface area contributed by atoms with Gasteiger partial charge in [0.1, 0.15) is 0 Å². The third-order valence-corrected chi connectivity index (χ3v) is 4.17. The normalized spacial score (nSPS) is 17.6. The lowest BCUT2D eigenvalue weighted by atomic mass is 10.1. The van der Waals surface area contributed by atoms with E-state index in [1.807, 2.05) is 5.38 Å². The van der Waals surface area contributed by atoms with Crippen LogP contribution in [0.3, 0.4) is 0 Å². The number of methoxy groups -OCH3 is 1. The van der Waals surface area contributed by atoms with Gasteiger partial charge in [-0.2, -0.15) is 11.3 Å². The number of hydrogen-bond acceptors (Lipinski definition) is 5. The van der Waals surface area contributed by atoms with Gasteiger partial charge in [-0.25, -0.2) is 0 Å². The monoisotopic (exact) mass is 310 g/mol.